The van der Waals surface area contributed by atoms with Crippen LogP contribution in [0, 0.1) is 23.2 Å². The first kappa shape index (κ1) is 8.28. The summed E-state index contributed by atoms with van der Waals surface area (Å²) in [4.78, 5) is 11.6. The average Bonchev–Trinajstić information content (AvgIpc) is 2.34. The second-order valence-electron chi connectivity index (χ2n) is 5.49. The van der Waals surface area contributed by atoms with Crippen molar-refractivity contribution in [3.63, 3.8) is 0 Å². The summed E-state index contributed by atoms with van der Waals surface area (Å²) in [7, 11) is 0. The molecule has 1 heteroatoms. The zero-order valence-electron chi connectivity index (χ0n) is 8.26. The van der Waals surface area contributed by atoms with Crippen molar-refractivity contribution < 1.29 is 4.79 Å². The molecule has 0 aliphatic heterocycles. The smallest absolute Gasteiger partial charge is 0.136 e. The van der Waals surface area contributed by atoms with Crippen molar-refractivity contribution in [2.45, 2.75) is 40.0 Å². The molecule has 1 nitrogen and oxygen atoms in total. The van der Waals surface area contributed by atoms with E-state index < -0.39 is 0 Å². The Kier molecular flexibility index (Phi) is 1.61. The van der Waals surface area contributed by atoms with Crippen molar-refractivity contribution in [1.29, 1.82) is 0 Å². The zero-order chi connectivity index (χ0) is 8.93. The first-order chi connectivity index (χ1) is 5.49. The van der Waals surface area contributed by atoms with Gasteiger partial charge in [-0.25, -0.2) is 0 Å². The molecule has 2 fully saturated rings. The van der Waals surface area contributed by atoms with E-state index in [4.69, 9.17) is 0 Å². The Morgan fingerprint density at radius 2 is 2.00 bits per heavy atom. The minimum absolute atomic E-state index is 0.426. The summed E-state index contributed by atoms with van der Waals surface area (Å²) < 4.78 is 0. The van der Waals surface area contributed by atoms with E-state index in [2.05, 4.69) is 20.8 Å². The predicted molar refractivity (Wildman–Crippen MR) is 48.8 cm³/mol. The van der Waals surface area contributed by atoms with Crippen LogP contribution >= 0.6 is 0 Å². The topological polar surface area (TPSA) is 17.1 Å². The highest BCUT2D eigenvalue weighted by molar-refractivity contribution is 5.84. The number of hydrogen-bond donors (Lipinski definition) is 0. The molecule has 0 saturated heterocycles. The van der Waals surface area contributed by atoms with Crippen LogP contribution in [0.5, 0.6) is 0 Å². The zero-order valence-corrected chi connectivity index (χ0v) is 8.26. The van der Waals surface area contributed by atoms with E-state index in [-0.39, 0.29) is 0 Å². The van der Waals surface area contributed by atoms with Crippen LogP contribution in [0.4, 0.5) is 0 Å². The molecule has 0 heterocycles. The van der Waals surface area contributed by atoms with Gasteiger partial charge in [-0.3, -0.25) is 4.79 Å². The molecule has 2 aliphatic rings. The fourth-order valence-corrected chi connectivity index (χ4v) is 3.18. The fraction of sp³-hybridized carbons (Fsp3) is 0.909. The molecular weight excluding hydrogens is 148 g/mol. The van der Waals surface area contributed by atoms with Gasteiger partial charge in [0.05, 0.1) is 0 Å². The summed E-state index contributed by atoms with van der Waals surface area (Å²) in [6, 6.07) is 0. The molecule has 0 amide bonds. The molecule has 0 aromatic heterocycles. The van der Waals surface area contributed by atoms with E-state index in [1.165, 1.54) is 6.42 Å². The molecule has 0 bridgehead atoms. The molecule has 0 radical (unpaired) electrons. The highest BCUT2D eigenvalue weighted by atomic mass is 16.1. The fourth-order valence-electron chi connectivity index (χ4n) is 3.18. The van der Waals surface area contributed by atoms with Gasteiger partial charge in [-0.1, -0.05) is 20.8 Å². The van der Waals surface area contributed by atoms with Gasteiger partial charge < -0.3 is 0 Å². The lowest BCUT2D eigenvalue weighted by Crippen LogP contribution is -2.10. The Morgan fingerprint density at radius 1 is 1.33 bits per heavy atom. The third-order valence-corrected chi connectivity index (χ3v) is 3.75. The van der Waals surface area contributed by atoms with Gasteiger partial charge in [0.15, 0.2) is 0 Å². The van der Waals surface area contributed by atoms with Gasteiger partial charge in [0.25, 0.3) is 0 Å². The predicted octanol–water partition coefficient (Wildman–Crippen LogP) is 2.65. The van der Waals surface area contributed by atoms with Crippen molar-refractivity contribution in [1.82, 2.24) is 0 Å². The summed E-state index contributed by atoms with van der Waals surface area (Å²) in [6.07, 6.45) is 3.26. The van der Waals surface area contributed by atoms with Gasteiger partial charge in [-0.2, -0.15) is 0 Å². The molecule has 12 heavy (non-hydrogen) atoms. The maximum atomic E-state index is 11.6. The third kappa shape index (κ3) is 1.10. The van der Waals surface area contributed by atoms with Gasteiger partial charge in [-0.05, 0) is 30.1 Å². The standard InChI is InChI=1S/C11H18O/c1-7-4-10(12)9-6-11(2,3)5-8(7)9/h7-9H,4-6H2,1-3H3. The van der Waals surface area contributed by atoms with E-state index >= 15 is 0 Å². The van der Waals surface area contributed by atoms with Crippen LogP contribution in [-0.2, 0) is 4.79 Å². The molecule has 0 aromatic rings. The van der Waals surface area contributed by atoms with E-state index in [0.717, 1.165) is 12.8 Å². The van der Waals surface area contributed by atoms with Crippen molar-refractivity contribution in [3.05, 3.63) is 0 Å². The first-order valence-corrected chi connectivity index (χ1v) is 5.02. The highest BCUT2D eigenvalue weighted by Gasteiger charge is 2.49. The number of carbonyl (C=O) groups excluding carboxylic acids is 1. The van der Waals surface area contributed by atoms with Gasteiger partial charge in [0.1, 0.15) is 5.78 Å². The SMILES string of the molecule is CC1CC(=O)C2CC(C)(C)CC12. The number of rotatable bonds is 0. The molecule has 2 aliphatic carbocycles. The summed E-state index contributed by atoms with van der Waals surface area (Å²) in [6.45, 7) is 6.83. The van der Waals surface area contributed by atoms with Crippen LogP contribution in [0.2, 0.25) is 0 Å². The Labute approximate surface area is 74.5 Å². The van der Waals surface area contributed by atoms with Crippen LogP contribution in [0.3, 0.4) is 0 Å². The lowest BCUT2D eigenvalue weighted by molar-refractivity contribution is -0.121. The molecule has 3 unspecified atom stereocenters. The van der Waals surface area contributed by atoms with E-state index in [1.807, 2.05) is 0 Å². The number of Topliss-reactive ketones (excluding diaryl/α,β-unsaturated/α-hetero) is 1. The Balaban J connectivity index is 2.20. The largest absolute Gasteiger partial charge is 0.299 e. The van der Waals surface area contributed by atoms with Crippen molar-refractivity contribution in [2.24, 2.45) is 23.2 Å². The minimum atomic E-state index is 0.426. The third-order valence-electron chi connectivity index (χ3n) is 3.75. The van der Waals surface area contributed by atoms with Crippen molar-refractivity contribution in [2.75, 3.05) is 0 Å². The molecule has 0 spiro atoms. The van der Waals surface area contributed by atoms with E-state index in [9.17, 15) is 4.79 Å². The molecule has 0 aromatic carbocycles. The maximum absolute atomic E-state index is 11.6. The number of carbonyl (C=O) groups is 1. The van der Waals surface area contributed by atoms with Crippen molar-refractivity contribution in [3.8, 4) is 0 Å². The Morgan fingerprint density at radius 3 is 2.58 bits per heavy atom. The average molecular weight is 166 g/mol. The summed E-state index contributed by atoms with van der Waals surface area (Å²) in [5.74, 6) is 2.34. The van der Waals surface area contributed by atoms with Crippen LogP contribution < -0.4 is 0 Å². The molecule has 2 rings (SSSR count). The van der Waals surface area contributed by atoms with Crippen LogP contribution in [0.15, 0.2) is 0 Å². The lowest BCUT2D eigenvalue weighted by atomic mass is 9.86. The number of ketones is 1. The molecular formula is C11H18O. The summed E-state index contributed by atoms with van der Waals surface area (Å²) in [5, 5.41) is 0. The number of hydrogen-bond acceptors (Lipinski definition) is 1. The second-order valence-corrected chi connectivity index (χ2v) is 5.49. The Hall–Kier alpha value is -0.330. The quantitative estimate of drug-likeness (QED) is 0.540. The highest BCUT2D eigenvalue weighted by Crippen LogP contribution is 2.53. The van der Waals surface area contributed by atoms with Gasteiger partial charge in [-0.15, -0.1) is 0 Å². The maximum Gasteiger partial charge on any atom is 0.136 e. The van der Waals surface area contributed by atoms with Gasteiger partial charge in [0, 0.05) is 12.3 Å². The van der Waals surface area contributed by atoms with Crippen LogP contribution in [0.25, 0.3) is 0 Å². The summed E-state index contributed by atoms with van der Waals surface area (Å²) >= 11 is 0. The van der Waals surface area contributed by atoms with E-state index in [0.29, 0.717) is 29.0 Å². The molecule has 3 atom stereocenters. The van der Waals surface area contributed by atoms with Crippen LogP contribution in [0.1, 0.15) is 40.0 Å². The van der Waals surface area contributed by atoms with Gasteiger partial charge in [0.2, 0.25) is 0 Å². The Bertz CT molecular complexity index is 217. The number of fused-ring (bicyclic) bond motifs is 1. The monoisotopic (exact) mass is 166 g/mol. The summed E-state index contributed by atoms with van der Waals surface area (Å²) in [5.41, 5.74) is 0.430. The normalized spacial score (nSPS) is 44.9. The van der Waals surface area contributed by atoms with E-state index in [1.54, 1.807) is 0 Å². The molecule has 2 saturated carbocycles. The first-order valence-electron chi connectivity index (χ1n) is 5.02. The van der Waals surface area contributed by atoms with Crippen molar-refractivity contribution >= 4 is 5.78 Å². The minimum Gasteiger partial charge on any atom is -0.299 e. The second kappa shape index (κ2) is 2.34. The molecule has 0 N–H and O–H groups in total. The lowest BCUT2D eigenvalue weighted by Gasteiger charge is -2.19. The van der Waals surface area contributed by atoms with Crippen LogP contribution in [-0.4, -0.2) is 5.78 Å². The van der Waals surface area contributed by atoms with Gasteiger partial charge >= 0.3 is 0 Å². The molecule has 68 valence electrons.